The van der Waals surface area contributed by atoms with Crippen LogP contribution in [0.25, 0.3) is 0 Å². The van der Waals surface area contributed by atoms with Crippen LogP contribution >= 0.6 is 30.2 Å². The van der Waals surface area contributed by atoms with E-state index in [1.54, 1.807) is 0 Å². The number of hydrogen-bond acceptors (Lipinski definition) is 3. The third-order valence-corrected chi connectivity index (χ3v) is 4.98. The van der Waals surface area contributed by atoms with E-state index < -0.39 is 14.2 Å². The van der Waals surface area contributed by atoms with Gasteiger partial charge in [0.1, 0.15) is 0 Å². The number of carbonyl (C=O) groups excluding carboxylic acids is 1. The first-order valence-electron chi connectivity index (χ1n) is 5.39. The monoisotopic (exact) mass is 333 g/mol. The van der Waals surface area contributed by atoms with E-state index in [0.717, 1.165) is 6.16 Å². The molecule has 2 N–H and O–H groups in total. The van der Waals surface area contributed by atoms with Crippen LogP contribution in [0.3, 0.4) is 0 Å². The molecule has 0 rings (SSSR count). The molecule has 0 saturated heterocycles. The molecule has 3 nitrogen and oxygen atoms in total. The Balaban J connectivity index is 4.58. The molecule has 0 fully saturated rings. The average molecular weight is 334 g/mol. The van der Waals surface area contributed by atoms with Gasteiger partial charge in [0.05, 0.1) is 0 Å². The van der Waals surface area contributed by atoms with Gasteiger partial charge in [-0.15, -0.1) is 0 Å². The zero-order chi connectivity index (χ0) is 13.2. The number of alkyl halides is 1. The molecule has 0 amide bonds. The van der Waals surface area contributed by atoms with E-state index in [-0.39, 0.29) is 11.9 Å². The Morgan fingerprint density at radius 1 is 1.38 bits per heavy atom. The SMILES string of the molecule is C[PH](C)(N)CC(CBr)C(=O)OP(C)(C)(C)C. The van der Waals surface area contributed by atoms with Crippen LogP contribution < -0.4 is 5.50 Å². The fourth-order valence-electron chi connectivity index (χ4n) is 1.27. The van der Waals surface area contributed by atoms with Crippen molar-refractivity contribution in [3.63, 3.8) is 0 Å². The first-order chi connectivity index (χ1) is 6.80. The number of rotatable bonds is 5. The Kier molecular flexibility index (Phi) is 5.43. The second-order valence-corrected chi connectivity index (χ2v) is 18.9. The predicted molar refractivity (Wildman–Crippen MR) is 83.2 cm³/mol. The summed E-state index contributed by atoms with van der Waals surface area (Å²) in [5, 5.41) is 0.631. The second kappa shape index (κ2) is 5.18. The van der Waals surface area contributed by atoms with E-state index in [9.17, 15) is 4.79 Å². The summed E-state index contributed by atoms with van der Waals surface area (Å²) < 4.78 is 5.65. The van der Waals surface area contributed by atoms with Crippen LogP contribution in [0.1, 0.15) is 0 Å². The molecular formula is C10H26BrNO2P2. The molecule has 0 aliphatic heterocycles. The van der Waals surface area contributed by atoms with Crippen molar-refractivity contribution in [2.45, 2.75) is 0 Å². The van der Waals surface area contributed by atoms with Crippen LogP contribution in [0.15, 0.2) is 0 Å². The van der Waals surface area contributed by atoms with Gasteiger partial charge in [0.2, 0.25) is 0 Å². The molecule has 0 aliphatic rings. The summed E-state index contributed by atoms with van der Waals surface area (Å²) in [5.74, 6) is -0.205. The van der Waals surface area contributed by atoms with Crippen LogP contribution in [-0.4, -0.2) is 57.5 Å². The number of hydrogen-bond donors (Lipinski definition) is 1. The number of nitrogens with two attached hydrogens (primary N) is 1. The minimum absolute atomic E-state index is 0.101. The minimum atomic E-state index is -2.23. The van der Waals surface area contributed by atoms with Crippen molar-refractivity contribution in [1.82, 2.24) is 0 Å². The Labute approximate surface area is 108 Å². The second-order valence-electron chi connectivity index (χ2n) is 6.87. The molecule has 0 radical (unpaired) electrons. The van der Waals surface area contributed by atoms with Crippen LogP contribution in [0, 0.1) is 5.92 Å². The van der Waals surface area contributed by atoms with Crippen LogP contribution in [-0.2, 0) is 9.32 Å². The molecule has 0 aliphatic carbocycles. The summed E-state index contributed by atoms with van der Waals surface area (Å²) in [5.41, 5.74) is 6.07. The van der Waals surface area contributed by atoms with E-state index in [0.29, 0.717) is 5.33 Å². The van der Waals surface area contributed by atoms with Gasteiger partial charge in [-0.25, -0.2) is 0 Å². The fraction of sp³-hybridized carbons (Fsp3) is 0.900. The van der Waals surface area contributed by atoms with Gasteiger partial charge in [0.25, 0.3) is 0 Å². The molecule has 6 heteroatoms. The molecular weight excluding hydrogens is 308 g/mol. The third-order valence-electron chi connectivity index (χ3n) is 1.75. The van der Waals surface area contributed by atoms with Gasteiger partial charge in [-0.05, 0) is 0 Å². The summed E-state index contributed by atoms with van der Waals surface area (Å²) >= 11 is 3.37. The molecule has 0 aromatic carbocycles. The third kappa shape index (κ3) is 8.87. The molecule has 1 unspecified atom stereocenters. The summed E-state index contributed by atoms with van der Waals surface area (Å²) in [7, 11) is -1.72. The molecule has 16 heavy (non-hydrogen) atoms. The number of carbonyl (C=O) groups is 1. The molecule has 0 spiro atoms. The van der Waals surface area contributed by atoms with Crippen molar-refractivity contribution in [3.8, 4) is 0 Å². The molecule has 0 heterocycles. The van der Waals surface area contributed by atoms with E-state index >= 15 is 0 Å². The van der Waals surface area contributed by atoms with Crippen LogP contribution in [0.4, 0.5) is 0 Å². The molecule has 0 aromatic rings. The van der Waals surface area contributed by atoms with Crippen molar-refractivity contribution < 1.29 is 9.32 Å². The topological polar surface area (TPSA) is 52.3 Å². The van der Waals surface area contributed by atoms with Gasteiger partial charge in [0.15, 0.2) is 0 Å². The summed E-state index contributed by atoms with van der Waals surface area (Å²) in [6.07, 6.45) is 0.767. The van der Waals surface area contributed by atoms with Crippen molar-refractivity contribution in [3.05, 3.63) is 0 Å². The normalized spacial score (nSPS) is 18.4. The number of halogens is 1. The van der Waals surface area contributed by atoms with Gasteiger partial charge in [0, 0.05) is 0 Å². The van der Waals surface area contributed by atoms with E-state index in [4.69, 9.17) is 10.0 Å². The fourth-order valence-corrected chi connectivity index (χ4v) is 4.64. The van der Waals surface area contributed by atoms with Crippen molar-refractivity contribution in [2.75, 3.05) is 51.5 Å². The van der Waals surface area contributed by atoms with Gasteiger partial charge in [-0.1, -0.05) is 0 Å². The summed E-state index contributed by atoms with van der Waals surface area (Å²) in [4.78, 5) is 12.0. The van der Waals surface area contributed by atoms with Crippen LogP contribution in [0.5, 0.6) is 0 Å². The van der Waals surface area contributed by atoms with Gasteiger partial charge in [-0.3, -0.25) is 0 Å². The Bertz CT molecular complexity index is 259. The Hall–Kier alpha value is 0.770. The molecule has 100 valence electrons. The molecule has 0 saturated carbocycles. The first-order valence-corrected chi connectivity index (χ1v) is 13.7. The predicted octanol–water partition coefficient (Wildman–Crippen LogP) is 2.41. The van der Waals surface area contributed by atoms with Crippen LogP contribution in [0.2, 0.25) is 0 Å². The quantitative estimate of drug-likeness (QED) is 0.621. The summed E-state index contributed by atoms with van der Waals surface area (Å²) in [6, 6.07) is 0. The first kappa shape index (κ1) is 16.8. The maximum absolute atomic E-state index is 12.0. The maximum atomic E-state index is 12.0. The average Bonchev–Trinajstić information content (AvgIpc) is 1.93. The van der Waals surface area contributed by atoms with Crippen molar-refractivity contribution in [2.24, 2.45) is 11.4 Å². The van der Waals surface area contributed by atoms with Gasteiger partial charge >= 0.3 is 108 Å². The van der Waals surface area contributed by atoms with E-state index in [1.807, 2.05) is 26.7 Å². The van der Waals surface area contributed by atoms with Crippen molar-refractivity contribution in [1.29, 1.82) is 0 Å². The summed E-state index contributed by atoms with van der Waals surface area (Å²) in [6.45, 7) is 10.0. The Morgan fingerprint density at radius 3 is 2.06 bits per heavy atom. The molecule has 0 aromatic heterocycles. The van der Waals surface area contributed by atoms with Crippen molar-refractivity contribution >= 4 is 36.1 Å². The standard InChI is InChI=1S/C10H26BrNO2P2/c1-15(2,12)8-9(7-11)10(13)14-16(3,4,5)6/h9,15H,7-8,12H2,1-6H3. The van der Waals surface area contributed by atoms with E-state index in [2.05, 4.69) is 29.3 Å². The zero-order valence-electron chi connectivity index (χ0n) is 11.2. The molecule has 0 bridgehead atoms. The van der Waals surface area contributed by atoms with Gasteiger partial charge < -0.3 is 0 Å². The Morgan fingerprint density at radius 2 is 1.81 bits per heavy atom. The van der Waals surface area contributed by atoms with Gasteiger partial charge in [-0.2, -0.15) is 0 Å². The molecule has 1 atom stereocenters. The van der Waals surface area contributed by atoms with E-state index in [1.165, 1.54) is 0 Å². The zero-order valence-corrected chi connectivity index (χ0v) is 14.7.